The zero-order valence-electron chi connectivity index (χ0n) is 9.40. The summed E-state index contributed by atoms with van der Waals surface area (Å²) in [6, 6.07) is 4.45. The maximum Gasteiger partial charge on any atom is 0.326 e. The van der Waals surface area contributed by atoms with Crippen LogP contribution in [0.2, 0.25) is 0 Å². The zero-order valence-corrected chi connectivity index (χ0v) is 9.40. The number of anilines is 1. The number of fused-ring (bicyclic) bond motifs is 3. The van der Waals surface area contributed by atoms with E-state index in [9.17, 15) is 14.3 Å². The Labute approximate surface area is 98.9 Å². The zero-order chi connectivity index (χ0) is 12.0. The largest absolute Gasteiger partial charge is 0.480 e. The van der Waals surface area contributed by atoms with Crippen LogP contribution in [0.25, 0.3) is 0 Å². The lowest BCUT2D eigenvalue weighted by molar-refractivity contribution is -0.139. The molecule has 2 aliphatic heterocycles. The predicted molar refractivity (Wildman–Crippen MR) is 61.6 cm³/mol. The molecular formula is C13H14FNO2. The van der Waals surface area contributed by atoms with Crippen molar-refractivity contribution in [2.45, 2.75) is 37.8 Å². The van der Waals surface area contributed by atoms with Crippen LogP contribution in [0.3, 0.4) is 0 Å². The summed E-state index contributed by atoms with van der Waals surface area (Å²) < 4.78 is 13.3. The van der Waals surface area contributed by atoms with Gasteiger partial charge in [-0.3, -0.25) is 0 Å². The molecule has 1 aromatic rings. The first-order valence-electron chi connectivity index (χ1n) is 5.96. The Morgan fingerprint density at radius 1 is 1.41 bits per heavy atom. The highest BCUT2D eigenvalue weighted by Gasteiger charge is 2.40. The molecule has 1 N–H and O–H groups in total. The van der Waals surface area contributed by atoms with Gasteiger partial charge in [-0.15, -0.1) is 0 Å². The highest BCUT2D eigenvalue weighted by atomic mass is 19.1. The third kappa shape index (κ3) is 1.59. The van der Waals surface area contributed by atoms with Crippen LogP contribution in [-0.2, 0) is 11.2 Å². The molecule has 4 heteroatoms. The summed E-state index contributed by atoms with van der Waals surface area (Å²) in [6.07, 6.45) is 3.44. The molecule has 0 bridgehead atoms. The SMILES string of the molecule is O=C(O)C1CCCC2Cc3ccc(F)cc3N21. The lowest BCUT2D eigenvalue weighted by atomic mass is 9.96. The number of piperidine rings is 1. The third-order valence-corrected chi connectivity index (χ3v) is 3.81. The average Bonchev–Trinajstić information content (AvgIpc) is 2.66. The van der Waals surface area contributed by atoms with Crippen molar-refractivity contribution in [1.82, 2.24) is 0 Å². The average molecular weight is 235 g/mol. The fraction of sp³-hybridized carbons (Fsp3) is 0.462. The van der Waals surface area contributed by atoms with Gasteiger partial charge in [0.15, 0.2) is 0 Å². The first-order chi connectivity index (χ1) is 8.16. The van der Waals surface area contributed by atoms with Gasteiger partial charge >= 0.3 is 5.97 Å². The Kier molecular flexibility index (Phi) is 2.31. The quantitative estimate of drug-likeness (QED) is 0.811. The second kappa shape index (κ2) is 3.72. The highest BCUT2D eigenvalue weighted by Crippen LogP contribution is 2.40. The molecule has 0 aliphatic carbocycles. The van der Waals surface area contributed by atoms with E-state index in [0.29, 0.717) is 6.42 Å². The summed E-state index contributed by atoms with van der Waals surface area (Å²) in [5, 5.41) is 9.24. The van der Waals surface area contributed by atoms with Gasteiger partial charge in [0.25, 0.3) is 0 Å². The van der Waals surface area contributed by atoms with E-state index in [0.717, 1.165) is 30.5 Å². The van der Waals surface area contributed by atoms with Crippen molar-refractivity contribution < 1.29 is 14.3 Å². The van der Waals surface area contributed by atoms with E-state index in [1.807, 2.05) is 4.90 Å². The number of aliphatic carboxylic acids is 1. The number of nitrogens with zero attached hydrogens (tertiary/aromatic N) is 1. The van der Waals surface area contributed by atoms with E-state index >= 15 is 0 Å². The summed E-state index contributed by atoms with van der Waals surface area (Å²) in [5.74, 6) is -1.09. The van der Waals surface area contributed by atoms with Crippen molar-refractivity contribution in [2.75, 3.05) is 4.90 Å². The molecule has 3 nitrogen and oxygen atoms in total. The van der Waals surface area contributed by atoms with Crippen LogP contribution in [0, 0.1) is 5.82 Å². The van der Waals surface area contributed by atoms with Gasteiger partial charge in [-0.05, 0) is 43.4 Å². The van der Waals surface area contributed by atoms with Gasteiger partial charge in [0.05, 0.1) is 0 Å². The van der Waals surface area contributed by atoms with Gasteiger partial charge in [0.1, 0.15) is 11.9 Å². The molecule has 2 aliphatic rings. The Bertz CT molecular complexity index is 474. The minimum absolute atomic E-state index is 0.238. The van der Waals surface area contributed by atoms with Gasteiger partial charge in [-0.2, -0.15) is 0 Å². The lowest BCUT2D eigenvalue weighted by Crippen LogP contribution is -2.48. The number of carbonyl (C=O) groups is 1. The van der Waals surface area contributed by atoms with Crippen molar-refractivity contribution in [3.63, 3.8) is 0 Å². The van der Waals surface area contributed by atoms with Crippen molar-refractivity contribution in [3.8, 4) is 0 Å². The standard InChI is InChI=1S/C13H14FNO2/c14-9-5-4-8-6-10-2-1-3-11(13(16)17)15(10)12(8)7-9/h4-5,7,10-11H,1-3,6H2,(H,16,17). The first-order valence-corrected chi connectivity index (χ1v) is 5.96. The minimum atomic E-state index is -0.799. The smallest absolute Gasteiger partial charge is 0.326 e. The Morgan fingerprint density at radius 3 is 3.00 bits per heavy atom. The van der Waals surface area contributed by atoms with Crippen LogP contribution in [0.1, 0.15) is 24.8 Å². The molecule has 0 amide bonds. The van der Waals surface area contributed by atoms with Crippen LogP contribution in [0.4, 0.5) is 10.1 Å². The van der Waals surface area contributed by atoms with Gasteiger partial charge < -0.3 is 10.0 Å². The normalized spacial score (nSPS) is 26.5. The monoisotopic (exact) mass is 235 g/mol. The topological polar surface area (TPSA) is 40.5 Å². The van der Waals surface area contributed by atoms with Crippen LogP contribution >= 0.6 is 0 Å². The summed E-state index contributed by atoms with van der Waals surface area (Å²) in [5.41, 5.74) is 1.85. The van der Waals surface area contributed by atoms with Crippen molar-refractivity contribution in [1.29, 1.82) is 0 Å². The fourth-order valence-electron chi connectivity index (χ4n) is 3.09. The van der Waals surface area contributed by atoms with Crippen molar-refractivity contribution in [2.24, 2.45) is 0 Å². The molecule has 1 saturated heterocycles. The molecule has 0 radical (unpaired) electrons. The van der Waals surface area contributed by atoms with Gasteiger partial charge in [-0.25, -0.2) is 9.18 Å². The molecule has 2 unspecified atom stereocenters. The van der Waals surface area contributed by atoms with Crippen LogP contribution in [0.15, 0.2) is 18.2 Å². The maximum atomic E-state index is 13.3. The number of hydrogen-bond donors (Lipinski definition) is 1. The first kappa shape index (κ1) is 10.6. The van der Waals surface area contributed by atoms with Crippen LogP contribution in [-0.4, -0.2) is 23.2 Å². The van der Waals surface area contributed by atoms with E-state index in [1.165, 1.54) is 12.1 Å². The Balaban J connectivity index is 2.04. The molecule has 17 heavy (non-hydrogen) atoms. The molecule has 2 atom stereocenters. The summed E-state index contributed by atoms with van der Waals surface area (Å²) in [6.45, 7) is 0. The van der Waals surface area contributed by atoms with E-state index in [1.54, 1.807) is 6.07 Å². The molecule has 90 valence electrons. The summed E-state index contributed by atoms with van der Waals surface area (Å²) in [7, 11) is 0. The molecule has 0 aromatic heterocycles. The summed E-state index contributed by atoms with van der Waals surface area (Å²) in [4.78, 5) is 13.2. The van der Waals surface area contributed by atoms with E-state index < -0.39 is 12.0 Å². The molecule has 0 spiro atoms. The highest BCUT2D eigenvalue weighted by molar-refractivity contribution is 5.80. The second-order valence-corrected chi connectivity index (χ2v) is 4.82. The Morgan fingerprint density at radius 2 is 2.24 bits per heavy atom. The molecule has 0 saturated carbocycles. The fourth-order valence-corrected chi connectivity index (χ4v) is 3.09. The third-order valence-electron chi connectivity index (χ3n) is 3.81. The van der Waals surface area contributed by atoms with Gasteiger partial charge in [-0.1, -0.05) is 6.07 Å². The number of benzene rings is 1. The van der Waals surface area contributed by atoms with Gasteiger partial charge in [0, 0.05) is 11.7 Å². The van der Waals surface area contributed by atoms with E-state index in [4.69, 9.17) is 0 Å². The van der Waals surface area contributed by atoms with Crippen LogP contribution < -0.4 is 4.90 Å². The number of carboxylic acid groups (broad SMARTS) is 1. The van der Waals surface area contributed by atoms with E-state index in [2.05, 4.69) is 0 Å². The van der Waals surface area contributed by atoms with E-state index in [-0.39, 0.29) is 11.9 Å². The van der Waals surface area contributed by atoms with Crippen molar-refractivity contribution >= 4 is 11.7 Å². The lowest BCUT2D eigenvalue weighted by Gasteiger charge is -2.37. The second-order valence-electron chi connectivity index (χ2n) is 4.82. The number of hydrogen-bond acceptors (Lipinski definition) is 2. The molecule has 1 aromatic carbocycles. The minimum Gasteiger partial charge on any atom is -0.480 e. The maximum absolute atomic E-state index is 13.3. The molecule has 1 fully saturated rings. The van der Waals surface area contributed by atoms with Gasteiger partial charge in [0.2, 0.25) is 0 Å². The molecular weight excluding hydrogens is 221 g/mol. The Hall–Kier alpha value is -1.58. The van der Waals surface area contributed by atoms with Crippen LogP contribution in [0.5, 0.6) is 0 Å². The van der Waals surface area contributed by atoms with Crippen molar-refractivity contribution in [3.05, 3.63) is 29.6 Å². The molecule has 2 heterocycles. The molecule has 3 rings (SSSR count). The number of rotatable bonds is 1. The summed E-state index contributed by atoms with van der Waals surface area (Å²) >= 11 is 0. The number of carboxylic acids is 1. The number of halogens is 1. The predicted octanol–water partition coefficient (Wildman–Crippen LogP) is 2.19.